The van der Waals surface area contributed by atoms with E-state index in [1.165, 1.54) is 11.3 Å². The first-order valence-corrected chi connectivity index (χ1v) is 8.10. The van der Waals surface area contributed by atoms with Crippen molar-refractivity contribution in [2.24, 2.45) is 0 Å². The summed E-state index contributed by atoms with van der Waals surface area (Å²) in [5.41, 5.74) is 2.59. The van der Waals surface area contributed by atoms with Gasteiger partial charge in [0.1, 0.15) is 5.75 Å². The Bertz CT molecular complexity index is 824. The van der Waals surface area contributed by atoms with Crippen LogP contribution in [0, 0.1) is 0 Å². The van der Waals surface area contributed by atoms with E-state index in [4.69, 9.17) is 4.74 Å². The van der Waals surface area contributed by atoms with Gasteiger partial charge in [-0.15, -0.1) is 11.3 Å². The zero-order valence-electron chi connectivity index (χ0n) is 13.0. The van der Waals surface area contributed by atoms with E-state index in [-0.39, 0.29) is 5.78 Å². The number of thiophene rings is 1. The summed E-state index contributed by atoms with van der Waals surface area (Å²) in [5.74, 6) is 0.840. The monoisotopic (exact) mass is 323 g/mol. The number of carbonyl (C=O) groups excluding carboxylic acids is 1. The quantitative estimate of drug-likeness (QED) is 0.692. The molecule has 1 heterocycles. The van der Waals surface area contributed by atoms with Crippen LogP contribution in [0.4, 0.5) is 5.69 Å². The number of nitrogens with one attached hydrogen (secondary N) is 1. The SMILES string of the molecule is CNc1cc(-c2cccc(OC)c2)sc1C(=O)c1ccccc1. The topological polar surface area (TPSA) is 38.3 Å². The fraction of sp³-hybridized carbons (Fsp3) is 0.105. The van der Waals surface area contributed by atoms with Crippen LogP contribution in [0.25, 0.3) is 10.4 Å². The van der Waals surface area contributed by atoms with Crippen molar-refractivity contribution in [2.45, 2.75) is 0 Å². The van der Waals surface area contributed by atoms with Crippen LogP contribution in [0.15, 0.2) is 60.7 Å². The lowest BCUT2D eigenvalue weighted by Gasteiger charge is -2.02. The first-order chi connectivity index (χ1) is 11.2. The molecule has 0 bridgehead atoms. The van der Waals surface area contributed by atoms with Crippen LogP contribution in [0.5, 0.6) is 5.75 Å². The number of anilines is 1. The van der Waals surface area contributed by atoms with E-state index < -0.39 is 0 Å². The Morgan fingerprint density at radius 2 is 1.83 bits per heavy atom. The molecule has 0 fully saturated rings. The highest BCUT2D eigenvalue weighted by Gasteiger charge is 2.18. The van der Waals surface area contributed by atoms with Crippen molar-refractivity contribution in [3.05, 3.63) is 71.1 Å². The molecule has 0 unspecified atom stereocenters. The van der Waals surface area contributed by atoms with E-state index in [9.17, 15) is 4.79 Å². The highest BCUT2D eigenvalue weighted by atomic mass is 32.1. The third-order valence-electron chi connectivity index (χ3n) is 3.60. The maximum atomic E-state index is 12.7. The average Bonchev–Trinajstić information content (AvgIpc) is 3.06. The van der Waals surface area contributed by atoms with Crippen molar-refractivity contribution in [3.8, 4) is 16.2 Å². The lowest BCUT2D eigenvalue weighted by molar-refractivity contribution is 0.104. The van der Waals surface area contributed by atoms with Crippen LogP contribution in [0.2, 0.25) is 0 Å². The number of methoxy groups -OCH3 is 1. The zero-order chi connectivity index (χ0) is 16.2. The summed E-state index contributed by atoms with van der Waals surface area (Å²) in [6.07, 6.45) is 0. The van der Waals surface area contributed by atoms with Gasteiger partial charge in [0.2, 0.25) is 5.78 Å². The molecule has 0 spiro atoms. The fourth-order valence-electron chi connectivity index (χ4n) is 2.38. The molecular formula is C19H17NO2S. The molecule has 0 saturated heterocycles. The molecule has 0 atom stereocenters. The van der Waals surface area contributed by atoms with Crippen LogP contribution in [-0.4, -0.2) is 19.9 Å². The van der Waals surface area contributed by atoms with E-state index in [1.807, 2.05) is 67.7 Å². The Morgan fingerprint density at radius 3 is 2.52 bits per heavy atom. The molecule has 0 saturated carbocycles. The minimum atomic E-state index is 0.0362. The number of ether oxygens (including phenoxy) is 1. The third-order valence-corrected chi connectivity index (χ3v) is 4.78. The normalized spacial score (nSPS) is 10.3. The van der Waals surface area contributed by atoms with E-state index in [0.717, 1.165) is 26.8 Å². The first-order valence-electron chi connectivity index (χ1n) is 7.28. The van der Waals surface area contributed by atoms with Gasteiger partial charge in [0.05, 0.1) is 17.7 Å². The summed E-state index contributed by atoms with van der Waals surface area (Å²) in [4.78, 5) is 14.5. The van der Waals surface area contributed by atoms with Crippen molar-refractivity contribution in [2.75, 3.05) is 19.5 Å². The van der Waals surface area contributed by atoms with Gasteiger partial charge in [0.15, 0.2) is 0 Å². The second-order valence-electron chi connectivity index (χ2n) is 5.03. The molecule has 2 aromatic carbocycles. The Balaban J connectivity index is 2.02. The van der Waals surface area contributed by atoms with E-state index in [0.29, 0.717) is 5.56 Å². The van der Waals surface area contributed by atoms with Gasteiger partial charge in [-0.25, -0.2) is 0 Å². The molecule has 3 rings (SSSR count). The minimum absolute atomic E-state index is 0.0362. The van der Waals surface area contributed by atoms with Crippen molar-refractivity contribution in [1.29, 1.82) is 0 Å². The van der Waals surface area contributed by atoms with E-state index in [1.54, 1.807) is 7.11 Å². The molecule has 0 amide bonds. The Kier molecular flexibility index (Phi) is 4.44. The molecule has 4 heteroatoms. The maximum Gasteiger partial charge on any atom is 0.205 e. The van der Waals surface area contributed by atoms with Gasteiger partial charge in [-0.1, -0.05) is 42.5 Å². The van der Waals surface area contributed by atoms with Crippen LogP contribution in [0.3, 0.4) is 0 Å². The summed E-state index contributed by atoms with van der Waals surface area (Å²) in [5, 5.41) is 3.12. The van der Waals surface area contributed by atoms with Gasteiger partial charge in [-0.2, -0.15) is 0 Å². The summed E-state index contributed by atoms with van der Waals surface area (Å²) in [6, 6.07) is 19.2. The number of hydrogen-bond donors (Lipinski definition) is 1. The van der Waals surface area contributed by atoms with Crippen molar-refractivity contribution >= 4 is 22.8 Å². The zero-order valence-corrected chi connectivity index (χ0v) is 13.8. The van der Waals surface area contributed by atoms with Crippen molar-refractivity contribution in [1.82, 2.24) is 0 Å². The number of rotatable bonds is 5. The largest absolute Gasteiger partial charge is 0.497 e. The molecule has 0 radical (unpaired) electrons. The second-order valence-corrected chi connectivity index (χ2v) is 6.08. The van der Waals surface area contributed by atoms with Crippen LogP contribution >= 0.6 is 11.3 Å². The van der Waals surface area contributed by atoms with E-state index >= 15 is 0 Å². The number of carbonyl (C=O) groups is 1. The summed E-state index contributed by atoms with van der Waals surface area (Å²) < 4.78 is 5.28. The van der Waals surface area contributed by atoms with Gasteiger partial charge >= 0.3 is 0 Å². The highest BCUT2D eigenvalue weighted by Crippen LogP contribution is 2.37. The second kappa shape index (κ2) is 6.67. The standard InChI is InChI=1S/C19H17NO2S/c1-20-16-12-17(14-9-6-10-15(11-14)22-2)23-19(16)18(21)13-7-4-3-5-8-13/h3-12,20H,1-2H3. The molecule has 0 aliphatic rings. The summed E-state index contributed by atoms with van der Waals surface area (Å²) in [7, 11) is 3.48. The molecule has 116 valence electrons. The number of benzene rings is 2. The number of ketones is 1. The van der Waals surface area contributed by atoms with Gasteiger partial charge in [0, 0.05) is 17.5 Å². The molecule has 1 aromatic heterocycles. The predicted molar refractivity (Wildman–Crippen MR) is 95.7 cm³/mol. The average molecular weight is 323 g/mol. The molecule has 0 aliphatic heterocycles. The lowest BCUT2D eigenvalue weighted by atomic mass is 10.1. The number of hydrogen-bond acceptors (Lipinski definition) is 4. The van der Waals surface area contributed by atoms with Crippen molar-refractivity contribution < 1.29 is 9.53 Å². The van der Waals surface area contributed by atoms with Gasteiger partial charge in [-0.05, 0) is 23.8 Å². The van der Waals surface area contributed by atoms with Crippen LogP contribution in [-0.2, 0) is 0 Å². The van der Waals surface area contributed by atoms with Gasteiger partial charge in [0.25, 0.3) is 0 Å². The molecule has 3 nitrogen and oxygen atoms in total. The van der Waals surface area contributed by atoms with Crippen LogP contribution < -0.4 is 10.1 Å². The maximum absolute atomic E-state index is 12.7. The van der Waals surface area contributed by atoms with Gasteiger partial charge < -0.3 is 10.1 Å². The summed E-state index contributed by atoms with van der Waals surface area (Å²) >= 11 is 1.49. The Hall–Kier alpha value is -2.59. The summed E-state index contributed by atoms with van der Waals surface area (Å²) in [6.45, 7) is 0. The minimum Gasteiger partial charge on any atom is -0.497 e. The molecule has 3 aromatic rings. The first kappa shape index (κ1) is 15.3. The highest BCUT2D eigenvalue weighted by molar-refractivity contribution is 7.18. The Labute approximate surface area is 139 Å². The fourth-order valence-corrected chi connectivity index (χ4v) is 3.51. The smallest absolute Gasteiger partial charge is 0.205 e. The van der Waals surface area contributed by atoms with E-state index in [2.05, 4.69) is 5.32 Å². The predicted octanol–water partition coefficient (Wildman–Crippen LogP) is 4.70. The molecular weight excluding hydrogens is 306 g/mol. The molecule has 23 heavy (non-hydrogen) atoms. The van der Waals surface area contributed by atoms with Gasteiger partial charge in [-0.3, -0.25) is 4.79 Å². The lowest BCUT2D eigenvalue weighted by Crippen LogP contribution is -2.01. The molecule has 1 N–H and O–H groups in total. The van der Waals surface area contributed by atoms with Crippen LogP contribution in [0.1, 0.15) is 15.2 Å². The van der Waals surface area contributed by atoms with Crippen molar-refractivity contribution in [3.63, 3.8) is 0 Å². The third kappa shape index (κ3) is 3.12. The Morgan fingerprint density at radius 1 is 1.04 bits per heavy atom. The molecule has 0 aliphatic carbocycles.